The highest BCUT2D eigenvalue weighted by Gasteiger charge is 2.17. The van der Waals surface area contributed by atoms with Gasteiger partial charge in [0.25, 0.3) is 0 Å². The van der Waals surface area contributed by atoms with Crippen LogP contribution >= 0.6 is 0 Å². The largest absolute Gasteiger partial charge is 0.390 e. The molecule has 0 spiro atoms. The molecule has 1 aliphatic heterocycles. The van der Waals surface area contributed by atoms with Crippen molar-refractivity contribution in [3.63, 3.8) is 0 Å². The zero-order chi connectivity index (χ0) is 14.8. The van der Waals surface area contributed by atoms with Crippen molar-refractivity contribution in [2.75, 3.05) is 13.1 Å². The van der Waals surface area contributed by atoms with Gasteiger partial charge in [-0.3, -0.25) is 9.58 Å². The number of rotatable bonds is 4. The zero-order valence-corrected chi connectivity index (χ0v) is 12.7. The second kappa shape index (κ2) is 5.99. The summed E-state index contributed by atoms with van der Waals surface area (Å²) in [6.07, 6.45) is 2.04. The minimum absolute atomic E-state index is 0.0130. The van der Waals surface area contributed by atoms with E-state index in [9.17, 15) is 5.11 Å². The molecular formula is C15H22N4O2. The maximum Gasteiger partial charge on any atom is 0.137 e. The topological polar surface area (TPSA) is 67.3 Å². The number of hydrogen-bond acceptors (Lipinski definition) is 5. The molecule has 2 aromatic heterocycles. The maximum absolute atomic E-state index is 9.21. The molecule has 6 nitrogen and oxygen atoms in total. The number of aryl methyl sites for hydroxylation is 3. The first-order valence-corrected chi connectivity index (χ1v) is 7.48. The first-order valence-electron chi connectivity index (χ1n) is 7.48. The van der Waals surface area contributed by atoms with E-state index < -0.39 is 0 Å². The van der Waals surface area contributed by atoms with Crippen LogP contribution in [-0.2, 0) is 26.1 Å². The molecule has 0 radical (unpaired) electrons. The normalized spacial score (nSPS) is 16.0. The minimum atomic E-state index is 0.0130. The second-order valence-corrected chi connectivity index (χ2v) is 5.69. The van der Waals surface area contributed by atoms with E-state index in [0.29, 0.717) is 0 Å². The molecule has 0 amide bonds. The Morgan fingerprint density at radius 2 is 2.19 bits per heavy atom. The molecule has 2 aromatic rings. The average Bonchev–Trinajstić information content (AvgIpc) is 2.95. The van der Waals surface area contributed by atoms with E-state index in [2.05, 4.69) is 15.2 Å². The van der Waals surface area contributed by atoms with E-state index in [0.717, 1.165) is 56.2 Å². The first kappa shape index (κ1) is 14.3. The Kier molecular flexibility index (Phi) is 4.07. The molecule has 3 rings (SSSR count). The number of aliphatic hydroxyl groups is 1. The van der Waals surface area contributed by atoms with Crippen LogP contribution in [-0.4, -0.2) is 38.0 Å². The lowest BCUT2D eigenvalue weighted by molar-refractivity contribution is 0.269. The van der Waals surface area contributed by atoms with E-state index in [1.54, 1.807) is 0 Å². The predicted octanol–water partition coefficient (Wildman–Crippen LogP) is 1.43. The highest BCUT2D eigenvalue weighted by atomic mass is 16.5. The van der Waals surface area contributed by atoms with E-state index >= 15 is 0 Å². The summed E-state index contributed by atoms with van der Waals surface area (Å²) in [5.74, 6) is 0.926. The van der Waals surface area contributed by atoms with Crippen LogP contribution in [0.15, 0.2) is 10.6 Å². The van der Waals surface area contributed by atoms with Gasteiger partial charge in [0.1, 0.15) is 5.76 Å². The van der Waals surface area contributed by atoms with Crippen molar-refractivity contribution in [2.45, 2.75) is 46.4 Å². The summed E-state index contributed by atoms with van der Waals surface area (Å²) in [4.78, 5) is 2.44. The van der Waals surface area contributed by atoms with E-state index in [-0.39, 0.29) is 6.61 Å². The molecule has 114 valence electrons. The smallest absolute Gasteiger partial charge is 0.137 e. The van der Waals surface area contributed by atoms with Crippen LogP contribution in [0.1, 0.15) is 34.8 Å². The first-order chi connectivity index (χ1) is 10.2. The van der Waals surface area contributed by atoms with Gasteiger partial charge in [-0.15, -0.1) is 0 Å². The zero-order valence-electron chi connectivity index (χ0n) is 12.7. The van der Waals surface area contributed by atoms with Gasteiger partial charge in [-0.05, 0) is 32.8 Å². The van der Waals surface area contributed by atoms with Crippen molar-refractivity contribution >= 4 is 0 Å². The Bertz CT molecular complexity index is 598. The molecule has 1 N–H and O–H groups in total. The third kappa shape index (κ3) is 3.01. The fourth-order valence-corrected chi connectivity index (χ4v) is 2.98. The Balaban J connectivity index is 1.66. The van der Waals surface area contributed by atoms with Crippen molar-refractivity contribution < 1.29 is 9.63 Å². The quantitative estimate of drug-likeness (QED) is 0.922. The van der Waals surface area contributed by atoms with Gasteiger partial charge in [0.05, 0.1) is 23.7 Å². The number of fused-ring (bicyclic) bond motifs is 1. The van der Waals surface area contributed by atoms with E-state index in [1.165, 1.54) is 11.3 Å². The van der Waals surface area contributed by atoms with Gasteiger partial charge >= 0.3 is 0 Å². The number of hydrogen-bond donors (Lipinski definition) is 1. The predicted molar refractivity (Wildman–Crippen MR) is 77.7 cm³/mol. The Morgan fingerprint density at radius 3 is 2.90 bits per heavy atom. The maximum atomic E-state index is 9.21. The van der Waals surface area contributed by atoms with Crippen LogP contribution in [0.4, 0.5) is 0 Å². The summed E-state index contributed by atoms with van der Waals surface area (Å²) in [6, 6.07) is 2.01. The summed E-state index contributed by atoms with van der Waals surface area (Å²) < 4.78 is 7.25. The van der Waals surface area contributed by atoms with Crippen LogP contribution in [0.2, 0.25) is 0 Å². The number of aromatic nitrogens is 3. The second-order valence-electron chi connectivity index (χ2n) is 5.69. The Hall–Kier alpha value is -1.66. The number of aliphatic hydroxyl groups excluding tert-OH is 1. The van der Waals surface area contributed by atoms with Crippen molar-refractivity contribution in [3.8, 4) is 0 Å². The van der Waals surface area contributed by atoms with Crippen molar-refractivity contribution in [1.29, 1.82) is 0 Å². The summed E-state index contributed by atoms with van der Waals surface area (Å²) in [5, 5.41) is 17.6. The molecule has 6 heteroatoms. The van der Waals surface area contributed by atoms with Crippen LogP contribution in [0.3, 0.4) is 0 Å². The molecule has 0 aliphatic carbocycles. The summed E-state index contributed by atoms with van der Waals surface area (Å²) in [5.41, 5.74) is 4.17. The van der Waals surface area contributed by atoms with Crippen LogP contribution in [0.25, 0.3) is 0 Å². The molecule has 21 heavy (non-hydrogen) atoms. The molecule has 0 bridgehead atoms. The Morgan fingerprint density at radius 1 is 1.33 bits per heavy atom. The van der Waals surface area contributed by atoms with E-state index in [1.807, 2.05) is 24.6 Å². The molecule has 0 atom stereocenters. The van der Waals surface area contributed by atoms with Gasteiger partial charge in [0, 0.05) is 31.7 Å². The van der Waals surface area contributed by atoms with Crippen molar-refractivity contribution in [1.82, 2.24) is 19.8 Å². The SMILES string of the molecule is Cc1noc(C)c1CCN1CCCn2nc(CO)cc2C1. The summed E-state index contributed by atoms with van der Waals surface area (Å²) >= 11 is 0. The van der Waals surface area contributed by atoms with Crippen molar-refractivity contribution in [2.24, 2.45) is 0 Å². The monoisotopic (exact) mass is 290 g/mol. The Labute approximate surface area is 124 Å². The lowest BCUT2D eigenvalue weighted by Crippen LogP contribution is -2.26. The molecule has 0 aromatic carbocycles. The third-order valence-electron chi connectivity index (χ3n) is 4.17. The fraction of sp³-hybridized carbons (Fsp3) is 0.600. The average molecular weight is 290 g/mol. The molecule has 0 saturated heterocycles. The van der Waals surface area contributed by atoms with Gasteiger partial charge in [-0.25, -0.2) is 0 Å². The molecular weight excluding hydrogens is 268 g/mol. The fourth-order valence-electron chi connectivity index (χ4n) is 2.98. The molecule has 0 unspecified atom stereocenters. The molecule has 1 aliphatic rings. The highest BCUT2D eigenvalue weighted by Crippen LogP contribution is 2.17. The van der Waals surface area contributed by atoms with Crippen LogP contribution < -0.4 is 0 Å². The lowest BCUT2D eigenvalue weighted by Gasteiger charge is -2.19. The third-order valence-corrected chi connectivity index (χ3v) is 4.17. The summed E-state index contributed by atoms with van der Waals surface area (Å²) in [6.45, 7) is 7.85. The van der Waals surface area contributed by atoms with Crippen molar-refractivity contribution in [3.05, 3.63) is 34.5 Å². The lowest BCUT2D eigenvalue weighted by atomic mass is 10.1. The highest BCUT2D eigenvalue weighted by molar-refractivity contribution is 5.21. The molecule has 3 heterocycles. The van der Waals surface area contributed by atoms with Crippen LogP contribution in [0.5, 0.6) is 0 Å². The molecule has 0 saturated carbocycles. The van der Waals surface area contributed by atoms with Gasteiger partial charge in [0.15, 0.2) is 0 Å². The van der Waals surface area contributed by atoms with Gasteiger partial charge in [0.2, 0.25) is 0 Å². The molecule has 0 fully saturated rings. The number of nitrogens with zero attached hydrogens (tertiary/aromatic N) is 4. The summed E-state index contributed by atoms with van der Waals surface area (Å²) in [7, 11) is 0. The van der Waals surface area contributed by atoms with Gasteiger partial charge < -0.3 is 9.63 Å². The standard InChI is InChI=1S/C15H22N4O2/c1-11-15(12(2)21-17-11)4-7-18-5-3-6-19-14(9-18)8-13(10-20)16-19/h8,20H,3-7,9-10H2,1-2H3. The van der Waals surface area contributed by atoms with Gasteiger partial charge in [-0.2, -0.15) is 5.10 Å². The van der Waals surface area contributed by atoms with Gasteiger partial charge in [-0.1, -0.05) is 5.16 Å². The minimum Gasteiger partial charge on any atom is -0.390 e. The van der Waals surface area contributed by atoms with Crippen LogP contribution in [0, 0.1) is 13.8 Å². The van der Waals surface area contributed by atoms with E-state index in [4.69, 9.17) is 4.52 Å².